The van der Waals surface area contributed by atoms with Crippen LogP contribution < -0.4 is 4.87 Å². The maximum absolute atomic E-state index is 11.2. The fourth-order valence-corrected chi connectivity index (χ4v) is 2.51. The summed E-state index contributed by atoms with van der Waals surface area (Å²) in [5.41, 5.74) is 0.886. The third-order valence-corrected chi connectivity index (χ3v) is 3.44. The first-order valence-electron chi connectivity index (χ1n) is 5.65. The Morgan fingerprint density at radius 3 is 2.65 bits per heavy atom. The standard InChI is InChI=1S/C11H18N2O3S/c1-3-5-13(6-4-10(14)15)7-9-8(2)12-11(16)17-9/h3-7H2,1-2H3,(H,12,16)(H,14,15). The van der Waals surface area contributed by atoms with Crippen LogP contribution in [0.1, 0.15) is 30.3 Å². The molecule has 1 aromatic rings. The van der Waals surface area contributed by atoms with Gasteiger partial charge < -0.3 is 10.1 Å². The lowest BCUT2D eigenvalue weighted by molar-refractivity contribution is -0.137. The average molecular weight is 258 g/mol. The van der Waals surface area contributed by atoms with E-state index in [1.165, 1.54) is 11.3 Å². The fourth-order valence-electron chi connectivity index (χ4n) is 1.63. The smallest absolute Gasteiger partial charge is 0.304 e. The molecule has 0 aliphatic heterocycles. The van der Waals surface area contributed by atoms with Gasteiger partial charge in [0.15, 0.2) is 0 Å². The van der Waals surface area contributed by atoms with E-state index in [4.69, 9.17) is 5.11 Å². The van der Waals surface area contributed by atoms with E-state index in [1.54, 1.807) is 0 Å². The zero-order chi connectivity index (χ0) is 12.8. The fraction of sp³-hybridized carbons (Fsp3) is 0.636. The molecule has 0 bridgehead atoms. The number of aromatic amines is 1. The Kier molecular flexibility index (Phi) is 5.37. The summed E-state index contributed by atoms with van der Waals surface area (Å²) in [6.07, 6.45) is 1.11. The lowest BCUT2D eigenvalue weighted by Crippen LogP contribution is -2.26. The highest BCUT2D eigenvalue weighted by Gasteiger charge is 2.11. The molecule has 5 nitrogen and oxygen atoms in total. The molecule has 6 heteroatoms. The van der Waals surface area contributed by atoms with Crippen molar-refractivity contribution in [3.05, 3.63) is 20.2 Å². The van der Waals surface area contributed by atoms with Crippen molar-refractivity contribution in [1.82, 2.24) is 9.88 Å². The highest BCUT2D eigenvalue weighted by Crippen LogP contribution is 2.12. The Labute approximate surface area is 104 Å². The van der Waals surface area contributed by atoms with Crippen LogP contribution in [0.5, 0.6) is 0 Å². The summed E-state index contributed by atoms with van der Waals surface area (Å²) in [4.78, 5) is 27.5. The summed E-state index contributed by atoms with van der Waals surface area (Å²) >= 11 is 1.20. The number of carbonyl (C=O) groups is 1. The van der Waals surface area contributed by atoms with Crippen molar-refractivity contribution in [1.29, 1.82) is 0 Å². The van der Waals surface area contributed by atoms with Gasteiger partial charge in [0.25, 0.3) is 0 Å². The van der Waals surface area contributed by atoms with Gasteiger partial charge in [0.1, 0.15) is 0 Å². The molecular formula is C11H18N2O3S. The molecular weight excluding hydrogens is 240 g/mol. The van der Waals surface area contributed by atoms with Crippen LogP contribution in [-0.2, 0) is 11.3 Å². The van der Waals surface area contributed by atoms with Crippen molar-refractivity contribution in [2.45, 2.75) is 33.2 Å². The molecule has 17 heavy (non-hydrogen) atoms. The summed E-state index contributed by atoms with van der Waals surface area (Å²) in [6, 6.07) is 0. The zero-order valence-corrected chi connectivity index (χ0v) is 11.0. The lowest BCUT2D eigenvalue weighted by atomic mass is 10.3. The number of H-pyrrole nitrogens is 1. The average Bonchev–Trinajstić information content (AvgIpc) is 2.54. The van der Waals surface area contributed by atoms with Crippen molar-refractivity contribution in [2.75, 3.05) is 13.1 Å². The first-order chi connectivity index (χ1) is 8.02. The Bertz CT molecular complexity index is 425. The van der Waals surface area contributed by atoms with Gasteiger partial charge in [0, 0.05) is 23.7 Å². The molecule has 0 saturated carbocycles. The maximum Gasteiger partial charge on any atom is 0.304 e. The Balaban J connectivity index is 2.62. The Hall–Kier alpha value is -1.14. The normalized spacial score (nSPS) is 11.0. The SMILES string of the molecule is CCCN(CCC(=O)O)Cc1sc(=O)[nH]c1C. The van der Waals surface area contributed by atoms with Gasteiger partial charge in [0.05, 0.1) is 6.42 Å². The monoisotopic (exact) mass is 258 g/mol. The molecule has 1 rings (SSSR count). The number of hydrogen-bond donors (Lipinski definition) is 2. The van der Waals surface area contributed by atoms with Crippen LogP contribution in [0.25, 0.3) is 0 Å². The highest BCUT2D eigenvalue weighted by atomic mass is 32.1. The van der Waals surface area contributed by atoms with Gasteiger partial charge in [-0.05, 0) is 19.9 Å². The van der Waals surface area contributed by atoms with E-state index in [9.17, 15) is 9.59 Å². The van der Waals surface area contributed by atoms with Gasteiger partial charge in [-0.15, -0.1) is 0 Å². The third kappa shape index (κ3) is 4.70. The highest BCUT2D eigenvalue weighted by molar-refractivity contribution is 7.09. The third-order valence-electron chi connectivity index (χ3n) is 2.47. The van der Waals surface area contributed by atoms with Crippen LogP contribution in [0.15, 0.2) is 4.79 Å². The van der Waals surface area contributed by atoms with Crippen molar-refractivity contribution in [2.24, 2.45) is 0 Å². The Morgan fingerprint density at radius 1 is 1.47 bits per heavy atom. The van der Waals surface area contributed by atoms with Crippen molar-refractivity contribution in [3.8, 4) is 0 Å². The number of rotatable bonds is 7. The molecule has 0 radical (unpaired) electrons. The molecule has 0 atom stereocenters. The Morgan fingerprint density at radius 2 is 2.18 bits per heavy atom. The van der Waals surface area contributed by atoms with E-state index in [2.05, 4.69) is 16.8 Å². The van der Waals surface area contributed by atoms with E-state index in [0.717, 1.165) is 23.5 Å². The topological polar surface area (TPSA) is 73.4 Å². The van der Waals surface area contributed by atoms with Crippen LogP contribution in [0.3, 0.4) is 0 Å². The summed E-state index contributed by atoms with van der Waals surface area (Å²) in [5, 5.41) is 8.68. The number of aryl methyl sites for hydroxylation is 1. The molecule has 0 aliphatic rings. The second kappa shape index (κ2) is 6.56. The summed E-state index contributed by atoms with van der Waals surface area (Å²) in [6.45, 7) is 5.94. The van der Waals surface area contributed by atoms with Crippen LogP contribution in [0.4, 0.5) is 0 Å². The van der Waals surface area contributed by atoms with E-state index >= 15 is 0 Å². The summed E-state index contributed by atoms with van der Waals surface area (Å²) < 4.78 is 0. The number of hydrogen-bond acceptors (Lipinski definition) is 4. The number of carboxylic acid groups (broad SMARTS) is 1. The van der Waals surface area contributed by atoms with Gasteiger partial charge >= 0.3 is 10.8 Å². The molecule has 0 amide bonds. The largest absolute Gasteiger partial charge is 0.481 e. The minimum absolute atomic E-state index is 0.0489. The number of aromatic nitrogens is 1. The molecule has 0 aliphatic carbocycles. The minimum Gasteiger partial charge on any atom is -0.481 e. The van der Waals surface area contributed by atoms with Gasteiger partial charge in [-0.2, -0.15) is 0 Å². The molecule has 96 valence electrons. The molecule has 0 unspecified atom stereocenters. The molecule has 0 fully saturated rings. The number of nitrogens with zero attached hydrogens (tertiary/aromatic N) is 1. The van der Waals surface area contributed by atoms with Gasteiger partial charge in [-0.1, -0.05) is 18.3 Å². The van der Waals surface area contributed by atoms with Gasteiger partial charge in [0.2, 0.25) is 0 Å². The molecule has 1 aromatic heterocycles. The number of aliphatic carboxylic acids is 1. The maximum atomic E-state index is 11.2. The van der Waals surface area contributed by atoms with Gasteiger partial charge in [-0.3, -0.25) is 14.5 Å². The lowest BCUT2D eigenvalue weighted by Gasteiger charge is -2.20. The number of nitrogens with one attached hydrogen (secondary N) is 1. The predicted octanol–water partition coefficient (Wildman–Crippen LogP) is 1.43. The van der Waals surface area contributed by atoms with Crippen LogP contribution in [0.2, 0.25) is 0 Å². The molecule has 1 heterocycles. The van der Waals surface area contributed by atoms with Crippen molar-refractivity contribution >= 4 is 17.3 Å². The number of carboxylic acids is 1. The zero-order valence-electron chi connectivity index (χ0n) is 10.2. The first-order valence-corrected chi connectivity index (χ1v) is 6.47. The number of thiazole rings is 1. The van der Waals surface area contributed by atoms with E-state index < -0.39 is 5.97 Å². The summed E-state index contributed by atoms with van der Waals surface area (Å²) in [5.74, 6) is -0.787. The van der Waals surface area contributed by atoms with E-state index in [0.29, 0.717) is 13.1 Å². The van der Waals surface area contributed by atoms with E-state index in [1.807, 2.05) is 6.92 Å². The molecule has 2 N–H and O–H groups in total. The molecule has 0 aromatic carbocycles. The minimum atomic E-state index is -0.787. The van der Waals surface area contributed by atoms with E-state index in [-0.39, 0.29) is 11.3 Å². The van der Waals surface area contributed by atoms with Crippen molar-refractivity contribution in [3.63, 3.8) is 0 Å². The molecule has 0 saturated heterocycles. The summed E-state index contributed by atoms with van der Waals surface area (Å²) in [7, 11) is 0. The quantitative estimate of drug-likeness (QED) is 0.776. The van der Waals surface area contributed by atoms with Crippen LogP contribution in [-0.4, -0.2) is 34.0 Å². The van der Waals surface area contributed by atoms with Crippen molar-refractivity contribution < 1.29 is 9.90 Å². The van der Waals surface area contributed by atoms with Gasteiger partial charge in [-0.25, -0.2) is 0 Å². The second-order valence-electron chi connectivity index (χ2n) is 3.98. The van der Waals surface area contributed by atoms with Crippen LogP contribution >= 0.6 is 11.3 Å². The van der Waals surface area contributed by atoms with Crippen LogP contribution in [0, 0.1) is 6.92 Å². The molecule has 0 spiro atoms. The first kappa shape index (κ1) is 13.9. The predicted molar refractivity (Wildman–Crippen MR) is 67.5 cm³/mol. The second-order valence-corrected chi connectivity index (χ2v) is 5.05.